The van der Waals surface area contributed by atoms with E-state index in [1.54, 1.807) is 0 Å². The molecular weight excluding hydrogens is 272 g/mol. The highest BCUT2D eigenvalue weighted by Crippen LogP contribution is 2.30. The fourth-order valence-electron chi connectivity index (χ4n) is 2.82. The Morgan fingerprint density at radius 3 is 2.95 bits per heavy atom. The normalized spacial score (nSPS) is 11.4. The van der Waals surface area contributed by atoms with Crippen molar-refractivity contribution in [2.24, 2.45) is 0 Å². The van der Waals surface area contributed by atoms with Gasteiger partial charge in [-0.15, -0.1) is 0 Å². The lowest BCUT2D eigenvalue weighted by Gasteiger charge is -2.03. The minimum absolute atomic E-state index is 0.911. The third kappa shape index (κ3) is 1.84. The van der Waals surface area contributed by atoms with Gasteiger partial charge < -0.3 is 4.98 Å². The molecule has 0 aromatic carbocycles. The topological polar surface area (TPSA) is 46.0 Å². The second kappa shape index (κ2) is 4.56. The summed E-state index contributed by atoms with van der Waals surface area (Å²) in [6, 6.07) is 6.39. The summed E-state index contributed by atoms with van der Waals surface area (Å²) in [6.07, 6.45) is 7.74. The van der Waals surface area contributed by atoms with E-state index in [2.05, 4.69) is 46.8 Å². The molecule has 22 heavy (non-hydrogen) atoms. The van der Waals surface area contributed by atoms with E-state index in [9.17, 15) is 0 Å². The van der Waals surface area contributed by atoms with Gasteiger partial charge in [0.2, 0.25) is 0 Å². The van der Waals surface area contributed by atoms with Crippen molar-refractivity contribution in [2.75, 3.05) is 0 Å². The molecule has 0 unspecified atom stereocenters. The lowest BCUT2D eigenvalue weighted by Crippen LogP contribution is -1.88. The fraction of sp³-hybridized carbons (Fsp3) is 0.111. The molecule has 0 aliphatic heterocycles. The average molecular weight is 288 g/mol. The Morgan fingerprint density at radius 2 is 2.14 bits per heavy atom. The van der Waals surface area contributed by atoms with Crippen LogP contribution in [0.5, 0.6) is 0 Å². The number of hydrogen-bond acceptors (Lipinski definition) is 2. The molecule has 0 spiro atoms. The van der Waals surface area contributed by atoms with Crippen molar-refractivity contribution in [3.05, 3.63) is 60.7 Å². The second-order valence-electron chi connectivity index (χ2n) is 5.69. The molecule has 0 bridgehead atoms. The van der Waals surface area contributed by atoms with Crippen molar-refractivity contribution in [3.8, 4) is 11.1 Å². The predicted molar refractivity (Wildman–Crippen MR) is 89.7 cm³/mol. The maximum absolute atomic E-state index is 4.44. The number of nitrogens with one attached hydrogen (secondary N) is 1. The zero-order valence-corrected chi connectivity index (χ0v) is 12.6. The molecule has 1 N–H and O–H groups in total. The van der Waals surface area contributed by atoms with Crippen molar-refractivity contribution < 1.29 is 0 Å². The van der Waals surface area contributed by atoms with Crippen LogP contribution in [0.2, 0.25) is 0 Å². The summed E-state index contributed by atoms with van der Waals surface area (Å²) in [7, 11) is 0. The van der Waals surface area contributed by atoms with Gasteiger partial charge in [-0.25, -0.2) is 9.50 Å². The molecule has 4 nitrogen and oxygen atoms in total. The molecule has 0 aliphatic rings. The molecule has 0 amide bonds. The highest BCUT2D eigenvalue weighted by atomic mass is 15.2. The zero-order valence-electron chi connectivity index (χ0n) is 12.6. The number of H-pyrrole nitrogens is 1. The van der Waals surface area contributed by atoms with E-state index < -0.39 is 0 Å². The van der Waals surface area contributed by atoms with E-state index in [1.165, 1.54) is 0 Å². The van der Waals surface area contributed by atoms with Crippen LogP contribution in [0.1, 0.15) is 18.1 Å². The van der Waals surface area contributed by atoms with Gasteiger partial charge in [-0.3, -0.25) is 0 Å². The summed E-state index contributed by atoms with van der Waals surface area (Å²) in [6.45, 7) is 8.09. The van der Waals surface area contributed by atoms with Gasteiger partial charge in [-0.1, -0.05) is 6.58 Å². The summed E-state index contributed by atoms with van der Waals surface area (Å²) in [5.41, 5.74) is 7.53. The van der Waals surface area contributed by atoms with Crippen LogP contribution in [-0.2, 0) is 0 Å². The molecule has 0 aliphatic carbocycles. The highest BCUT2D eigenvalue weighted by Gasteiger charge is 2.10. The van der Waals surface area contributed by atoms with Gasteiger partial charge in [0.1, 0.15) is 5.65 Å². The SMILES string of the molecule is C=C(C)c1cnn2ccc(-c3c[nH]c4ncc(C)cc34)cc12. The first kappa shape index (κ1) is 12.8. The highest BCUT2D eigenvalue weighted by molar-refractivity contribution is 5.95. The van der Waals surface area contributed by atoms with Crippen LogP contribution in [-0.4, -0.2) is 19.6 Å². The molecule has 108 valence electrons. The Balaban J connectivity index is 1.98. The number of aromatic nitrogens is 4. The fourth-order valence-corrected chi connectivity index (χ4v) is 2.82. The Bertz CT molecular complexity index is 1020. The standard InChI is InChI=1S/C18H16N4/c1-11(2)15-10-21-22-5-4-13(7-17(15)22)16-9-20-18-14(16)6-12(3)8-19-18/h4-10H,1H2,2-3H3,(H,19,20). The van der Waals surface area contributed by atoms with E-state index in [0.717, 1.165) is 44.4 Å². The Labute approximate surface area is 128 Å². The predicted octanol–water partition coefficient (Wildman–Crippen LogP) is 4.22. The maximum Gasteiger partial charge on any atom is 0.137 e. The first-order valence-electron chi connectivity index (χ1n) is 7.21. The van der Waals surface area contributed by atoms with Gasteiger partial charge in [0.05, 0.1) is 11.7 Å². The number of fused-ring (bicyclic) bond motifs is 2. The number of allylic oxidation sites excluding steroid dienone is 1. The third-order valence-corrected chi connectivity index (χ3v) is 3.96. The van der Waals surface area contributed by atoms with E-state index in [1.807, 2.05) is 36.2 Å². The number of aromatic amines is 1. The zero-order chi connectivity index (χ0) is 15.3. The van der Waals surface area contributed by atoms with Crippen LogP contribution < -0.4 is 0 Å². The number of nitrogens with zero attached hydrogens (tertiary/aromatic N) is 3. The van der Waals surface area contributed by atoms with Crippen LogP contribution in [0.25, 0.3) is 33.3 Å². The number of hydrogen-bond donors (Lipinski definition) is 1. The second-order valence-corrected chi connectivity index (χ2v) is 5.69. The smallest absolute Gasteiger partial charge is 0.137 e. The van der Waals surface area contributed by atoms with Crippen LogP contribution >= 0.6 is 0 Å². The van der Waals surface area contributed by atoms with E-state index in [4.69, 9.17) is 0 Å². The minimum Gasteiger partial charge on any atom is -0.346 e. The van der Waals surface area contributed by atoms with Gasteiger partial charge in [0.25, 0.3) is 0 Å². The Kier molecular flexibility index (Phi) is 2.66. The molecule has 0 saturated carbocycles. The van der Waals surface area contributed by atoms with Crippen LogP contribution in [0.3, 0.4) is 0 Å². The molecule has 4 heteroatoms. The molecule has 4 aromatic rings. The lowest BCUT2D eigenvalue weighted by atomic mass is 10.0. The van der Waals surface area contributed by atoms with Gasteiger partial charge in [0, 0.05) is 35.1 Å². The number of pyridine rings is 2. The Hall–Kier alpha value is -2.88. The van der Waals surface area contributed by atoms with Crippen LogP contribution in [0, 0.1) is 6.92 Å². The van der Waals surface area contributed by atoms with Crippen molar-refractivity contribution in [2.45, 2.75) is 13.8 Å². The molecule has 0 atom stereocenters. The van der Waals surface area contributed by atoms with Gasteiger partial charge in [0.15, 0.2) is 0 Å². The lowest BCUT2D eigenvalue weighted by molar-refractivity contribution is 0.962. The van der Waals surface area contributed by atoms with Crippen LogP contribution in [0.15, 0.2) is 49.6 Å². The van der Waals surface area contributed by atoms with Crippen molar-refractivity contribution in [1.29, 1.82) is 0 Å². The van der Waals surface area contributed by atoms with Crippen LogP contribution in [0.4, 0.5) is 0 Å². The maximum atomic E-state index is 4.44. The summed E-state index contributed by atoms with van der Waals surface area (Å²) in [5, 5.41) is 5.51. The summed E-state index contributed by atoms with van der Waals surface area (Å²) in [5.74, 6) is 0. The van der Waals surface area contributed by atoms with E-state index in [0.29, 0.717) is 0 Å². The molecule has 4 heterocycles. The molecule has 4 rings (SSSR count). The summed E-state index contributed by atoms with van der Waals surface area (Å²) >= 11 is 0. The van der Waals surface area contributed by atoms with Gasteiger partial charge in [-0.05, 0) is 48.7 Å². The summed E-state index contributed by atoms with van der Waals surface area (Å²) in [4.78, 5) is 7.68. The van der Waals surface area contributed by atoms with Crippen molar-refractivity contribution in [3.63, 3.8) is 0 Å². The number of aryl methyl sites for hydroxylation is 1. The molecule has 4 aromatic heterocycles. The van der Waals surface area contributed by atoms with E-state index in [-0.39, 0.29) is 0 Å². The molecule has 0 fully saturated rings. The molecule has 0 radical (unpaired) electrons. The monoisotopic (exact) mass is 288 g/mol. The first-order valence-corrected chi connectivity index (χ1v) is 7.21. The van der Waals surface area contributed by atoms with Gasteiger partial charge in [-0.2, -0.15) is 5.10 Å². The minimum atomic E-state index is 0.911. The first-order chi connectivity index (χ1) is 10.6. The van der Waals surface area contributed by atoms with Crippen molar-refractivity contribution in [1.82, 2.24) is 19.6 Å². The van der Waals surface area contributed by atoms with Crippen molar-refractivity contribution >= 4 is 22.1 Å². The largest absolute Gasteiger partial charge is 0.346 e. The summed E-state index contributed by atoms with van der Waals surface area (Å²) < 4.78 is 1.88. The average Bonchev–Trinajstić information content (AvgIpc) is 3.09. The third-order valence-electron chi connectivity index (χ3n) is 3.96. The Morgan fingerprint density at radius 1 is 1.27 bits per heavy atom. The molecular formula is C18H16N4. The van der Waals surface area contributed by atoms with Gasteiger partial charge >= 0.3 is 0 Å². The number of rotatable bonds is 2. The molecule has 0 saturated heterocycles. The van der Waals surface area contributed by atoms with E-state index >= 15 is 0 Å². The quantitative estimate of drug-likeness (QED) is 0.600.